The van der Waals surface area contributed by atoms with Crippen LogP contribution in [0.3, 0.4) is 0 Å². The van der Waals surface area contributed by atoms with Gasteiger partial charge in [0.2, 0.25) is 0 Å². The quantitative estimate of drug-likeness (QED) is 0.643. The molecular weight excluding hydrogens is 397 g/mol. The summed E-state index contributed by atoms with van der Waals surface area (Å²) in [5.74, 6) is 0.360. The van der Waals surface area contributed by atoms with Crippen LogP contribution in [0.4, 0.5) is 10.1 Å². The van der Waals surface area contributed by atoms with Crippen molar-refractivity contribution in [2.24, 2.45) is 0 Å². The molecule has 1 aromatic heterocycles. The average Bonchev–Trinajstić information content (AvgIpc) is 2.79. The first kappa shape index (κ1) is 20.9. The highest BCUT2D eigenvalue weighted by atomic mass is 19.1. The highest BCUT2D eigenvalue weighted by Gasteiger charge is 2.26. The number of hydrogen-bond donors (Lipinski definition) is 0. The summed E-state index contributed by atoms with van der Waals surface area (Å²) in [5, 5.41) is 0.971. The molecule has 7 heteroatoms. The van der Waals surface area contributed by atoms with Crippen molar-refractivity contribution in [1.29, 1.82) is 0 Å². The number of piperidine rings is 1. The van der Waals surface area contributed by atoms with Crippen molar-refractivity contribution >= 4 is 22.4 Å². The van der Waals surface area contributed by atoms with Gasteiger partial charge in [-0.1, -0.05) is 6.07 Å². The number of halogens is 1. The fraction of sp³-hybridized carbons (Fsp3) is 0.333. The third-order valence-corrected chi connectivity index (χ3v) is 5.79. The molecule has 6 nitrogen and oxygen atoms in total. The number of likely N-dealkylation sites (tertiary alicyclic amines) is 1. The second kappa shape index (κ2) is 8.41. The van der Waals surface area contributed by atoms with Gasteiger partial charge in [0.25, 0.3) is 11.5 Å². The van der Waals surface area contributed by atoms with E-state index in [4.69, 9.17) is 4.74 Å². The first-order valence-corrected chi connectivity index (χ1v) is 10.3. The molecule has 0 atom stereocenters. The molecule has 1 saturated heterocycles. The molecule has 0 aliphatic carbocycles. The molecule has 0 radical (unpaired) electrons. The Hall–Kier alpha value is -3.35. The Balaban J connectivity index is 1.91. The van der Waals surface area contributed by atoms with Gasteiger partial charge in [-0.2, -0.15) is 0 Å². The van der Waals surface area contributed by atoms with Crippen LogP contribution in [0.1, 0.15) is 23.2 Å². The molecule has 31 heavy (non-hydrogen) atoms. The number of rotatable bonds is 4. The number of methoxy groups -OCH3 is 1. The van der Waals surface area contributed by atoms with Crippen LogP contribution in [0, 0.1) is 0 Å². The maximum atomic E-state index is 13.6. The number of nitrogens with zero attached hydrogens (tertiary/aromatic N) is 3. The number of amides is 1. The highest BCUT2D eigenvalue weighted by molar-refractivity contribution is 6.07. The van der Waals surface area contributed by atoms with Crippen LogP contribution in [0.15, 0.2) is 53.5 Å². The Morgan fingerprint density at radius 3 is 2.52 bits per heavy atom. The van der Waals surface area contributed by atoms with Crippen molar-refractivity contribution in [3.63, 3.8) is 0 Å². The number of ether oxygens (including phenoxy) is 1. The SMILES string of the molecule is COc1ccc2c(=O)n(-c3cccc(N(C)C)c3)cc(C(=O)N3CCC(F)CC3)c2c1. The lowest BCUT2D eigenvalue weighted by Gasteiger charge is -2.29. The van der Waals surface area contributed by atoms with E-state index in [1.54, 1.807) is 36.4 Å². The van der Waals surface area contributed by atoms with Gasteiger partial charge in [0, 0.05) is 49.8 Å². The second-order valence-corrected chi connectivity index (χ2v) is 8.01. The van der Waals surface area contributed by atoms with E-state index >= 15 is 0 Å². The standard InChI is InChI=1S/C24H26FN3O3/c1-26(2)17-5-4-6-18(13-17)28-15-22(23(29)27-11-9-16(25)10-12-27)21-14-19(31-3)7-8-20(21)24(28)30/h4-8,13-16H,9-12H2,1-3H3. The Bertz CT molecular complexity index is 1180. The largest absolute Gasteiger partial charge is 0.497 e. The van der Waals surface area contributed by atoms with Crippen molar-refractivity contribution < 1.29 is 13.9 Å². The molecule has 0 spiro atoms. The molecule has 1 aliphatic heterocycles. The molecule has 3 aromatic rings. The Kier molecular flexibility index (Phi) is 5.67. The van der Waals surface area contributed by atoms with Crippen LogP contribution in [0.25, 0.3) is 16.5 Å². The lowest BCUT2D eigenvalue weighted by Crippen LogP contribution is -2.39. The summed E-state index contributed by atoms with van der Waals surface area (Å²) >= 11 is 0. The Morgan fingerprint density at radius 2 is 1.84 bits per heavy atom. The normalized spacial score (nSPS) is 14.6. The number of carbonyl (C=O) groups is 1. The Morgan fingerprint density at radius 1 is 1.10 bits per heavy atom. The number of carbonyl (C=O) groups excluding carboxylic acids is 1. The molecule has 2 aromatic carbocycles. The van der Waals surface area contributed by atoms with Crippen molar-refractivity contribution in [2.75, 3.05) is 39.2 Å². The van der Waals surface area contributed by atoms with E-state index in [0.717, 1.165) is 5.69 Å². The lowest BCUT2D eigenvalue weighted by atomic mass is 10.0. The van der Waals surface area contributed by atoms with Gasteiger partial charge in [0.15, 0.2) is 0 Å². The molecule has 0 bridgehead atoms. The number of fused-ring (bicyclic) bond motifs is 1. The van der Waals surface area contributed by atoms with E-state index in [9.17, 15) is 14.0 Å². The third-order valence-electron chi connectivity index (χ3n) is 5.79. The molecular formula is C24H26FN3O3. The molecule has 1 amide bonds. The molecule has 0 N–H and O–H groups in total. The minimum Gasteiger partial charge on any atom is -0.497 e. The molecule has 2 heterocycles. The summed E-state index contributed by atoms with van der Waals surface area (Å²) < 4.78 is 20.4. The smallest absolute Gasteiger partial charge is 0.263 e. The monoisotopic (exact) mass is 423 g/mol. The first-order chi connectivity index (χ1) is 14.9. The number of alkyl halides is 1. The van der Waals surface area contributed by atoms with Gasteiger partial charge in [0.1, 0.15) is 11.9 Å². The van der Waals surface area contributed by atoms with Crippen molar-refractivity contribution in [3.8, 4) is 11.4 Å². The van der Waals surface area contributed by atoms with Crippen molar-refractivity contribution in [2.45, 2.75) is 19.0 Å². The third kappa shape index (κ3) is 4.00. The summed E-state index contributed by atoms with van der Waals surface area (Å²) in [6.45, 7) is 0.724. The van der Waals surface area contributed by atoms with Gasteiger partial charge in [0.05, 0.1) is 18.4 Å². The molecule has 1 aliphatic rings. The molecule has 4 rings (SSSR count). The van der Waals surface area contributed by atoms with Crippen LogP contribution in [0.2, 0.25) is 0 Å². The summed E-state index contributed by atoms with van der Waals surface area (Å²) in [7, 11) is 5.40. The predicted octanol–water partition coefficient (Wildman–Crippen LogP) is 3.64. The number of hydrogen-bond acceptors (Lipinski definition) is 4. The van der Waals surface area contributed by atoms with E-state index in [-0.39, 0.29) is 11.5 Å². The number of aromatic nitrogens is 1. The van der Waals surface area contributed by atoms with Gasteiger partial charge in [-0.05, 0) is 49.2 Å². The van der Waals surface area contributed by atoms with Crippen LogP contribution in [0.5, 0.6) is 5.75 Å². The fourth-order valence-corrected chi connectivity index (χ4v) is 3.95. The molecule has 162 valence electrons. The van der Waals surface area contributed by atoms with Gasteiger partial charge >= 0.3 is 0 Å². The van der Waals surface area contributed by atoms with Gasteiger partial charge in [-0.15, -0.1) is 0 Å². The van der Waals surface area contributed by atoms with Crippen LogP contribution < -0.4 is 15.2 Å². The molecule has 1 fully saturated rings. The van der Waals surface area contributed by atoms with Crippen LogP contribution in [-0.4, -0.2) is 55.8 Å². The highest BCUT2D eigenvalue weighted by Crippen LogP contribution is 2.26. The maximum Gasteiger partial charge on any atom is 0.263 e. The van der Waals surface area contributed by atoms with E-state index in [2.05, 4.69) is 0 Å². The fourth-order valence-electron chi connectivity index (χ4n) is 3.95. The second-order valence-electron chi connectivity index (χ2n) is 8.01. The van der Waals surface area contributed by atoms with Crippen LogP contribution >= 0.6 is 0 Å². The zero-order valence-electron chi connectivity index (χ0n) is 18.0. The summed E-state index contributed by atoms with van der Waals surface area (Å²) in [6, 6.07) is 12.7. The zero-order chi connectivity index (χ0) is 22.1. The topological polar surface area (TPSA) is 54.8 Å². The van der Waals surface area contributed by atoms with E-state index in [1.165, 1.54) is 4.57 Å². The number of pyridine rings is 1. The lowest BCUT2D eigenvalue weighted by molar-refractivity contribution is 0.0668. The van der Waals surface area contributed by atoms with E-state index in [0.29, 0.717) is 53.7 Å². The molecule has 0 unspecified atom stereocenters. The van der Waals surface area contributed by atoms with Gasteiger partial charge in [-0.25, -0.2) is 4.39 Å². The minimum atomic E-state index is -0.872. The summed E-state index contributed by atoms with van der Waals surface area (Å²) in [5.41, 5.74) is 1.80. The van der Waals surface area contributed by atoms with E-state index in [1.807, 2.05) is 43.3 Å². The molecule has 0 saturated carbocycles. The number of benzene rings is 2. The maximum absolute atomic E-state index is 13.6. The van der Waals surface area contributed by atoms with Crippen molar-refractivity contribution in [3.05, 3.63) is 64.6 Å². The predicted molar refractivity (Wildman–Crippen MR) is 120 cm³/mol. The number of anilines is 1. The van der Waals surface area contributed by atoms with Gasteiger partial charge < -0.3 is 14.5 Å². The van der Waals surface area contributed by atoms with Crippen molar-refractivity contribution in [1.82, 2.24) is 9.47 Å². The summed E-state index contributed by atoms with van der Waals surface area (Å²) in [4.78, 5) is 30.4. The first-order valence-electron chi connectivity index (χ1n) is 10.3. The minimum absolute atomic E-state index is 0.206. The average molecular weight is 423 g/mol. The summed E-state index contributed by atoms with van der Waals surface area (Å²) in [6.07, 6.45) is 1.39. The Labute approximate surface area is 180 Å². The zero-order valence-corrected chi connectivity index (χ0v) is 18.0. The van der Waals surface area contributed by atoms with Crippen LogP contribution in [-0.2, 0) is 0 Å². The van der Waals surface area contributed by atoms with E-state index < -0.39 is 6.17 Å². The van der Waals surface area contributed by atoms with Gasteiger partial charge in [-0.3, -0.25) is 14.2 Å².